The number of phosphoric acid groups is 1. The van der Waals surface area contributed by atoms with Gasteiger partial charge >= 0.3 is 0 Å². The van der Waals surface area contributed by atoms with E-state index in [4.69, 9.17) is 9.05 Å². The first-order valence-corrected chi connectivity index (χ1v) is 22.3. The smallest absolute Gasteiger partial charge is 0.268 e. The highest BCUT2D eigenvalue weighted by molar-refractivity contribution is 7.45. The molecule has 0 spiro atoms. The fraction of sp³-hybridized carbons (Fsp3) is 0.833. The van der Waals surface area contributed by atoms with Crippen LogP contribution in [-0.4, -0.2) is 68.5 Å². The van der Waals surface area contributed by atoms with Gasteiger partial charge in [0.15, 0.2) is 0 Å². The molecule has 0 aliphatic rings. The normalized spacial score (nSPS) is 14.9. The number of nitrogens with one attached hydrogen (secondary N) is 1. The van der Waals surface area contributed by atoms with E-state index >= 15 is 0 Å². The topological polar surface area (TPSA) is 108 Å². The van der Waals surface area contributed by atoms with Gasteiger partial charge in [-0.1, -0.05) is 147 Å². The van der Waals surface area contributed by atoms with Crippen LogP contribution in [0.5, 0.6) is 0 Å². The number of nitrogens with zero attached hydrogens (tertiary/aromatic N) is 1. The number of carbonyl (C=O) groups excluding carboxylic acids is 1. The van der Waals surface area contributed by atoms with Gasteiger partial charge in [0.25, 0.3) is 7.82 Å². The van der Waals surface area contributed by atoms with Gasteiger partial charge in [0.2, 0.25) is 5.91 Å². The number of allylic oxidation sites excluding steroid dienone is 5. The highest BCUT2D eigenvalue weighted by atomic mass is 31.2. The first kappa shape index (κ1) is 49.7. The van der Waals surface area contributed by atoms with Crippen molar-refractivity contribution in [2.45, 2.75) is 187 Å². The quantitative estimate of drug-likeness (QED) is 0.0284. The van der Waals surface area contributed by atoms with Crippen molar-refractivity contribution in [2.75, 3.05) is 40.9 Å². The number of quaternary nitrogens is 1. The summed E-state index contributed by atoms with van der Waals surface area (Å²) in [5.74, 6) is -0.219. The molecule has 0 bridgehead atoms. The molecule has 0 saturated carbocycles. The molecule has 0 aliphatic heterocycles. The van der Waals surface area contributed by atoms with Gasteiger partial charge in [-0.25, -0.2) is 0 Å². The number of hydrogen-bond donors (Lipinski definition) is 2. The fourth-order valence-electron chi connectivity index (χ4n) is 5.69. The summed E-state index contributed by atoms with van der Waals surface area (Å²) in [7, 11) is 1.23. The van der Waals surface area contributed by atoms with Gasteiger partial charge in [0.1, 0.15) is 13.2 Å². The first-order valence-electron chi connectivity index (χ1n) is 20.9. The van der Waals surface area contributed by atoms with Gasteiger partial charge in [-0.15, -0.1) is 0 Å². The zero-order chi connectivity index (χ0) is 37.9. The summed E-state index contributed by atoms with van der Waals surface area (Å²) in [6.45, 7) is 4.58. The SMILES string of the molecule is CCCCCC/C=C\CCCCCCCC(=O)NC(COP(=O)([O-])OCC[N+](C)(C)C)C(O)/C=C/CC/C=C/CCCCCCCCCCCC. The second kappa shape index (κ2) is 34.5. The third kappa shape index (κ3) is 36.9. The van der Waals surface area contributed by atoms with E-state index in [0.29, 0.717) is 17.4 Å². The van der Waals surface area contributed by atoms with Gasteiger partial charge in [-0.05, 0) is 57.8 Å². The highest BCUT2D eigenvalue weighted by Gasteiger charge is 2.23. The number of likely N-dealkylation sites (N-methyl/N-ethyl adjacent to an activating group) is 1. The molecule has 9 heteroatoms. The summed E-state index contributed by atoms with van der Waals surface area (Å²) in [5, 5.41) is 13.7. The molecular weight excluding hydrogens is 659 g/mol. The van der Waals surface area contributed by atoms with Gasteiger partial charge < -0.3 is 28.8 Å². The molecule has 3 unspecified atom stereocenters. The Balaban J connectivity index is 4.55. The lowest BCUT2D eigenvalue weighted by Crippen LogP contribution is -2.45. The van der Waals surface area contributed by atoms with Crippen LogP contribution in [0.25, 0.3) is 0 Å². The van der Waals surface area contributed by atoms with Gasteiger partial charge in [-0.2, -0.15) is 0 Å². The number of amides is 1. The predicted octanol–water partition coefficient (Wildman–Crippen LogP) is 10.5. The molecule has 8 nitrogen and oxygen atoms in total. The molecule has 0 heterocycles. The Kier molecular flexibility index (Phi) is 33.6. The lowest BCUT2D eigenvalue weighted by Gasteiger charge is -2.29. The molecule has 0 aliphatic carbocycles. The molecule has 51 heavy (non-hydrogen) atoms. The minimum Gasteiger partial charge on any atom is -0.756 e. The number of aliphatic hydroxyl groups excluding tert-OH is 1. The fourth-order valence-corrected chi connectivity index (χ4v) is 6.41. The summed E-state index contributed by atoms with van der Waals surface area (Å²) in [4.78, 5) is 25.2. The predicted molar refractivity (Wildman–Crippen MR) is 215 cm³/mol. The molecule has 0 saturated heterocycles. The van der Waals surface area contributed by atoms with Crippen molar-refractivity contribution in [1.82, 2.24) is 5.32 Å². The molecule has 0 aromatic heterocycles. The summed E-state index contributed by atoms with van der Waals surface area (Å²) in [6, 6.07) is -0.904. The van der Waals surface area contributed by atoms with Crippen LogP contribution < -0.4 is 10.2 Å². The van der Waals surface area contributed by atoms with E-state index in [2.05, 4.69) is 43.5 Å². The lowest BCUT2D eigenvalue weighted by atomic mass is 10.1. The molecule has 0 aromatic rings. The third-order valence-electron chi connectivity index (χ3n) is 9.07. The van der Waals surface area contributed by atoms with E-state index in [9.17, 15) is 19.4 Å². The minimum atomic E-state index is -4.59. The Morgan fingerprint density at radius 3 is 1.61 bits per heavy atom. The molecule has 0 rings (SSSR count). The van der Waals surface area contributed by atoms with Gasteiger partial charge in [-0.3, -0.25) is 9.36 Å². The van der Waals surface area contributed by atoms with E-state index in [1.165, 1.54) is 96.3 Å². The molecule has 2 N–H and O–H groups in total. The second-order valence-corrected chi connectivity index (χ2v) is 16.7. The second-order valence-electron chi connectivity index (χ2n) is 15.3. The number of unbranched alkanes of at least 4 members (excludes halogenated alkanes) is 20. The van der Waals surface area contributed by atoms with E-state index in [-0.39, 0.29) is 12.5 Å². The van der Waals surface area contributed by atoms with Crippen LogP contribution in [0.1, 0.15) is 174 Å². The van der Waals surface area contributed by atoms with Crippen molar-refractivity contribution >= 4 is 13.7 Å². The van der Waals surface area contributed by atoms with E-state index in [1.807, 2.05) is 27.2 Å². The maximum atomic E-state index is 12.8. The average molecular weight is 741 g/mol. The molecule has 0 aromatic carbocycles. The minimum absolute atomic E-state index is 0.00813. The van der Waals surface area contributed by atoms with Crippen LogP contribution in [0.3, 0.4) is 0 Å². The largest absolute Gasteiger partial charge is 0.756 e. The molecule has 300 valence electrons. The number of rotatable bonds is 37. The van der Waals surface area contributed by atoms with E-state index in [0.717, 1.165) is 57.8 Å². The van der Waals surface area contributed by atoms with Crippen LogP contribution in [-0.2, 0) is 18.4 Å². The average Bonchev–Trinajstić information content (AvgIpc) is 3.07. The van der Waals surface area contributed by atoms with Crippen molar-refractivity contribution < 1.29 is 32.9 Å². The third-order valence-corrected chi connectivity index (χ3v) is 10.0. The van der Waals surface area contributed by atoms with Crippen molar-refractivity contribution in [3.63, 3.8) is 0 Å². The monoisotopic (exact) mass is 741 g/mol. The van der Waals surface area contributed by atoms with E-state index < -0.39 is 26.6 Å². The molecule has 0 fully saturated rings. The Hall–Kier alpha value is -1.28. The number of hydrogen-bond acceptors (Lipinski definition) is 6. The number of phosphoric ester groups is 1. The summed E-state index contributed by atoms with van der Waals surface area (Å²) in [5.41, 5.74) is 0. The lowest BCUT2D eigenvalue weighted by molar-refractivity contribution is -0.870. The molecular formula is C42H81N2O6P. The zero-order valence-corrected chi connectivity index (χ0v) is 34.7. The number of carbonyl (C=O) groups is 1. The highest BCUT2D eigenvalue weighted by Crippen LogP contribution is 2.38. The Bertz CT molecular complexity index is 933. The Morgan fingerprint density at radius 2 is 1.10 bits per heavy atom. The van der Waals surface area contributed by atoms with Crippen molar-refractivity contribution in [2.24, 2.45) is 0 Å². The van der Waals surface area contributed by atoms with Crippen molar-refractivity contribution in [3.8, 4) is 0 Å². The Labute approximate surface area is 315 Å². The maximum absolute atomic E-state index is 12.8. The summed E-state index contributed by atoms with van der Waals surface area (Å²) >= 11 is 0. The summed E-state index contributed by atoms with van der Waals surface area (Å²) in [6.07, 6.45) is 40.4. The first-order chi connectivity index (χ1) is 24.5. The molecule has 3 atom stereocenters. The van der Waals surface area contributed by atoms with Gasteiger partial charge in [0.05, 0.1) is 39.9 Å². The Morgan fingerprint density at radius 1 is 0.667 bits per heavy atom. The van der Waals surface area contributed by atoms with Crippen LogP contribution in [0.15, 0.2) is 36.5 Å². The van der Waals surface area contributed by atoms with Gasteiger partial charge in [0, 0.05) is 6.42 Å². The van der Waals surface area contributed by atoms with Crippen LogP contribution in [0.4, 0.5) is 0 Å². The van der Waals surface area contributed by atoms with E-state index in [1.54, 1.807) is 6.08 Å². The number of aliphatic hydroxyl groups is 1. The van der Waals surface area contributed by atoms with Crippen molar-refractivity contribution in [1.29, 1.82) is 0 Å². The van der Waals surface area contributed by atoms with Crippen LogP contribution >= 0.6 is 7.82 Å². The summed E-state index contributed by atoms with van der Waals surface area (Å²) < 4.78 is 23.1. The van der Waals surface area contributed by atoms with Crippen molar-refractivity contribution in [3.05, 3.63) is 36.5 Å². The standard InChI is InChI=1S/C42H81N2O6P/c1-6-8-10-12-14-16-18-20-21-22-24-25-27-29-31-33-35-41(45)40(39-50-51(47,48)49-38-37-44(3,4)5)43-42(46)36-34-32-30-28-26-23-19-17-15-13-11-9-7-2/h17,19,25,27,33,35,40-41,45H,6-16,18,20-24,26,28-32,34,36-39H2,1-5H3,(H-,43,46,47,48)/b19-17-,27-25+,35-33+. The molecule has 1 amide bonds. The zero-order valence-electron chi connectivity index (χ0n) is 33.8. The maximum Gasteiger partial charge on any atom is 0.268 e. The van der Waals surface area contributed by atoms with Crippen LogP contribution in [0.2, 0.25) is 0 Å². The molecule has 0 radical (unpaired) electrons. The van der Waals surface area contributed by atoms with Crippen LogP contribution in [0, 0.1) is 0 Å².